The Bertz CT molecular complexity index is 663. The van der Waals surface area contributed by atoms with Crippen molar-refractivity contribution >= 4 is 5.91 Å². The minimum absolute atomic E-state index is 0.249. The molecule has 3 rings (SSSR count). The van der Waals surface area contributed by atoms with Crippen LogP contribution in [0.5, 0.6) is 11.5 Å². The molecule has 1 aromatic rings. The molecule has 0 aliphatic carbocycles. The third-order valence-corrected chi connectivity index (χ3v) is 5.97. The van der Waals surface area contributed by atoms with Crippen LogP contribution in [0.1, 0.15) is 31.2 Å². The summed E-state index contributed by atoms with van der Waals surface area (Å²) in [6, 6.07) is 6.51. The maximum atomic E-state index is 12.6. The summed E-state index contributed by atoms with van der Waals surface area (Å²) in [4.78, 5) is 22.6. The molecule has 2 aliphatic heterocycles. The lowest BCUT2D eigenvalue weighted by atomic mass is 10.0. The first-order valence-electron chi connectivity index (χ1n) is 10.7. The number of likely N-dealkylation sites (N-methyl/N-ethyl adjacent to an activating group) is 1. The quantitative estimate of drug-likeness (QED) is 0.628. The maximum Gasteiger partial charge on any atom is 0.224 e. The number of nitrogens with zero attached hydrogens (tertiary/aromatic N) is 3. The first kappa shape index (κ1) is 21.9. The van der Waals surface area contributed by atoms with Crippen LogP contribution < -0.4 is 9.47 Å². The molecule has 1 atom stereocenters. The molecule has 2 heterocycles. The lowest BCUT2D eigenvalue weighted by Crippen LogP contribution is -2.49. The highest BCUT2D eigenvalue weighted by molar-refractivity contribution is 5.76. The lowest BCUT2D eigenvalue weighted by Gasteiger charge is -2.38. The molecule has 7 nitrogen and oxygen atoms in total. The fraction of sp³-hybridized carbons (Fsp3) is 0.682. The van der Waals surface area contributed by atoms with Gasteiger partial charge in [0.2, 0.25) is 5.91 Å². The third kappa shape index (κ3) is 6.07. The minimum Gasteiger partial charge on any atom is -0.493 e. The zero-order valence-corrected chi connectivity index (χ0v) is 18.1. The second kappa shape index (κ2) is 10.8. The SMILES string of the molecule is COc1ccc(CCN(C)C2CCCN(C(=O)CCN3CCCO3)C2)cc1OC. The molecule has 0 N–H and O–H groups in total. The Morgan fingerprint density at radius 3 is 2.76 bits per heavy atom. The number of hydroxylamine groups is 2. The van der Waals surface area contributed by atoms with Crippen LogP contribution >= 0.6 is 0 Å². The Kier molecular flexibility index (Phi) is 8.15. The van der Waals surface area contributed by atoms with E-state index >= 15 is 0 Å². The Morgan fingerprint density at radius 2 is 2.03 bits per heavy atom. The average molecular weight is 406 g/mol. The van der Waals surface area contributed by atoms with E-state index in [4.69, 9.17) is 14.3 Å². The van der Waals surface area contributed by atoms with Gasteiger partial charge in [0.25, 0.3) is 0 Å². The molecule has 162 valence electrons. The molecule has 1 amide bonds. The topological polar surface area (TPSA) is 54.5 Å². The Balaban J connectivity index is 1.46. The first-order valence-corrected chi connectivity index (χ1v) is 10.7. The van der Waals surface area contributed by atoms with Gasteiger partial charge in [-0.1, -0.05) is 6.07 Å². The van der Waals surface area contributed by atoms with Gasteiger partial charge in [-0.15, -0.1) is 0 Å². The van der Waals surface area contributed by atoms with E-state index in [2.05, 4.69) is 18.0 Å². The molecule has 0 bridgehead atoms. The molecule has 0 aromatic heterocycles. The number of rotatable bonds is 9. The van der Waals surface area contributed by atoms with Crippen molar-refractivity contribution in [2.24, 2.45) is 0 Å². The van der Waals surface area contributed by atoms with Crippen molar-refractivity contribution in [2.45, 2.75) is 38.1 Å². The number of hydrogen-bond donors (Lipinski definition) is 0. The van der Waals surface area contributed by atoms with Crippen molar-refractivity contribution in [1.29, 1.82) is 0 Å². The largest absolute Gasteiger partial charge is 0.493 e. The predicted octanol–water partition coefficient (Wildman–Crippen LogP) is 2.20. The molecule has 0 radical (unpaired) electrons. The summed E-state index contributed by atoms with van der Waals surface area (Å²) in [7, 11) is 5.48. The number of ether oxygens (including phenoxy) is 2. The normalized spacial score (nSPS) is 20.3. The van der Waals surface area contributed by atoms with Crippen molar-refractivity contribution in [3.8, 4) is 11.5 Å². The number of hydrogen-bond acceptors (Lipinski definition) is 6. The summed E-state index contributed by atoms with van der Waals surface area (Å²) in [5.74, 6) is 1.77. The van der Waals surface area contributed by atoms with Gasteiger partial charge < -0.3 is 19.3 Å². The number of methoxy groups -OCH3 is 2. The van der Waals surface area contributed by atoms with E-state index in [1.165, 1.54) is 5.56 Å². The second-order valence-electron chi connectivity index (χ2n) is 7.92. The monoisotopic (exact) mass is 405 g/mol. The number of carbonyl (C=O) groups is 1. The van der Waals surface area contributed by atoms with Gasteiger partial charge in [-0.3, -0.25) is 9.63 Å². The number of carbonyl (C=O) groups excluding carboxylic acids is 1. The molecule has 2 fully saturated rings. The summed E-state index contributed by atoms with van der Waals surface area (Å²) in [6.07, 6.45) is 4.75. The van der Waals surface area contributed by atoms with E-state index < -0.39 is 0 Å². The van der Waals surface area contributed by atoms with E-state index in [9.17, 15) is 4.79 Å². The van der Waals surface area contributed by atoms with Gasteiger partial charge in [0.1, 0.15) is 0 Å². The Hall–Kier alpha value is -1.83. The molecule has 7 heteroatoms. The Labute approximate surface area is 174 Å². The van der Waals surface area contributed by atoms with Crippen LogP contribution in [0.25, 0.3) is 0 Å². The number of amides is 1. The molecular formula is C22H35N3O4. The fourth-order valence-electron chi connectivity index (χ4n) is 4.12. The fourth-order valence-corrected chi connectivity index (χ4v) is 4.12. The summed E-state index contributed by atoms with van der Waals surface area (Å²) in [5, 5.41) is 1.93. The van der Waals surface area contributed by atoms with E-state index in [0.29, 0.717) is 19.0 Å². The van der Waals surface area contributed by atoms with Crippen LogP contribution in [0.4, 0.5) is 0 Å². The van der Waals surface area contributed by atoms with E-state index in [-0.39, 0.29) is 5.91 Å². The number of likely N-dealkylation sites (tertiary alicyclic amines) is 1. The molecule has 2 saturated heterocycles. The molecule has 0 spiro atoms. The smallest absolute Gasteiger partial charge is 0.224 e. The van der Waals surface area contributed by atoms with Gasteiger partial charge in [0.05, 0.1) is 20.8 Å². The van der Waals surface area contributed by atoms with Crippen LogP contribution in [0, 0.1) is 0 Å². The van der Waals surface area contributed by atoms with Gasteiger partial charge in [-0.05, 0) is 50.4 Å². The molecule has 0 saturated carbocycles. The van der Waals surface area contributed by atoms with Crippen LogP contribution in [-0.2, 0) is 16.1 Å². The molecule has 2 aliphatic rings. The summed E-state index contributed by atoms with van der Waals surface area (Å²) in [6.45, 7) is 5.07. The molecule has 1 aromatic carbocycles. The summed E-state index contributed by atoms with van der Waals surface area (Å²) >= 11 is 0. The Morgan fingerprint density at radius 1 is 1.21 bits per heavy atom. The first-order chi connectivity index (χ1) is 14.1. The van der Waals surface area contributed by atoms with Crippen molar-refractivity contribution in [2.75, 3.05) is 60.6 Å². The van der Waals surface area contributed by atoms with Crippen LogP contribution in [0.2, 0.25) is 0 Å². The van der Waals surface area contributed by atoms with Crippen LogP contribution in [0.15, 0.2) is 18.2 Å². The standard InChI is InChI=1S/C22H35N3O4/c1-23(13-9-18-7-8-20(27-2)21(16-18)28-3)19-6-4-11-24(17-19)22(26)10-14-25-12-5-15-29-25/h7-8,16,19H,4-6,9-15,17H2,1-3H3. The van der Waals surface area contributed by atoms with Crippen molar-refractivity contribution in [3.63, 3.8) is 0 Å². The van der Waals surface area contributed by atoms with Crippen molar-refractivity contribution in [3.05, 3.63) is 23.8 Å². The summed E-state index contributed by atoms with van der Waals surface area (Å²) < 4.78 is 10.7. The zero-order valence-electron chi connectivity index (χ0n) is 18.1. The highest BCUT2D eigenvalue weighted by Crippen LogP contribution is 2.28. The predicted molar refractivity (Wildman–Crippen MR) is 112 cm³/mol. The molecule has 1 unspecified atom stereocenters. The van der Waals surface area contributed by atoms with Gasteiger partial charge in [0.15, 0.2) is 11.5 Å². The summed E-state index contributed by atoms with van der Waals surface area (Å²) in [5.41, 5.74) is 1.23. The lowest BCUT2D eigenvalue weighted by molar-refractivity contribution is -0.140. The van der Waals surface area contributed by atoms with E-state index in [1.807, 2.05) is 22.1 Å². The highest BCUT2D eigenvalue weighted by atomic mass is 16.7. The number of piperidine rings is 1. The highest BCUT2D eigenvalue weighted by Gasteiger charge is 2.26. The average Bonchev–Trinajstić information content (AvgIpc) is 3.29. The van der Waals surface area contributed by atoms with Gasteiger partial charge in [-0.2, -0.15) is 5.06 Å². The van der Waals surface area contributed by atoms with Crippen molar-refractivity contribution < 1.29 is 19.1 Å². The third-order valence-electron chi connectivity index (χ3n) is 5.97. The zero-order chi connectivity index (χ0) is 20.6. The molecule has 29 heavy (non-hydrogen) atoms. The number of benzene rings is 1. The van der Waals surface area contributed by atoms with Gasteiger partial charge >= 0.3 is 0 Å². The van der Waals surface area contributed by atoms with E-state index in [0.717, 1.165) is 70.0 Å². The van der Waals surface area contributed by atoms with E-state index in [1.54, 1.807) is 14.2 Å². The van der Waals surface area contributed by atoms with Crippen molar-refractivity contribution in [1.82, 2.24) is 14.9 Å². The van der Waals surface area contributed by atoms with Crippen LogP contribution in [0.3, 0.4) is 0 Å². The second-order valence-corrected chi connectivity index (χ2v) is 7.92. The maximum absolute atomic E-state index is 12.6. The minimum atomic E-state index is 0.249. The molecular weight excluding hydrogens is 370 g/mol. The van der Waals surface area contributed by atoms with Gasteiger partial charge in [-0.25, -0.2) is 0 Å². The van der Waals surface area contributed by atoms with Gasteiger partial charge in [0, 0.05) is 45.2 Å². The van der Waals surface area contributed by atoms with Crippen LogP contribution in [-0.4, -0.2) is 87.4 Å².